The summed E-state index contributed by atoms with van der Waals surface area (Å²) in [5, 5.41) is 0.769. The van der Waals surface area contributed by atoms with Crippen molar-refractivity contribution in [3.63, 3.8) is 0 Å². The minimum Gasteiger partial charge on any atom is -0.460 e. The van der Waals surface area contributed by atoms with Crippen LogP contribution in [0.15, 0.2) is 27.4 Å². The Hall–Kier alpha value is -1.52. The maximum absolute atomic E-state index is 12.3. The number of alkyl halides is 2. The zero-order valence-corrected chi connectivity index (χ0v) is 16.1. The molecule has 1 aromatic carbocycles. The molecule has 0 N–H and O–H groups in total. The van der Waals surface area contributed by atoms with Crippen LogP contribution >= 0.6 is 23.2 Å². The molecule has 0 saturated heterocycles. The lowest BCUT2D eigenvalue weighted by molar-refractivity contribution is -0.150. The third kappa shape index (κ3) is 3.18. The van der Waals surface area contributed by atoms with E-state index in [1.165, 1.54) is 6.07 Å². The number of hydrogen-bond donors (Lipinski definition) is 0. The van der Waals surface area contributed by atoms with Gasteiger partial charge in [0.05, 0.1) is 0 Å². The van der Waals surface area contributed by atoms with Gasteiger partial charge in [-0.25, -0.2) is 4.79 Å². The number of aryl methyl sites for hydroxylation is 1. The number of fused-ring (bicyclic) bond motifs is 1. The Morgan fingerprint density at radius 2 is 1.96 bits per heavy atom. The number of ether oxygens (including phenoxy) is 1. The monoisotopic (exact) mass is 382 g/mol. The van der Waals surface area contributed by atoms with E-state index < -0.39 is 21.3 Å². The summed E-state index contributed by atoms with van der Waals surface area (Å²) in [7, 11) is 0. The van der Waals surface area contributed by atoms with Gasteiger partial charge >= 0.3 is 11.6 Å². The van der Waals surface area contributed by atoms with E-state index in [0.29, 0.717) is 23.5 Å². The van der Waals surface area contributed by atoms with Crippen molar-refractivity contribution in [1.82, 2.24) is 0 Å². The van der Waals surface area contributed by atoms with Crippen molar-refractivity contribution >= 4 is 40.1 Å². The highest BCUT2D eigenvalue weighted by Crippen LogP contribution is 2.64. The molecule has 1 heterocycles. The Kier molecular flexibility index (Phi) is 4.41. The summed E-state index contributed by atoms with van der Waals surface area (Å²) in [5.41, 5.74) is 1.94. The van der Waals surface area contributed by atoms with Gasteiger partial charge in [0.1, 0.15) is 21.9 Å². The minimum absolute atomic E-state index is 0.0268. The Balaban J connectivity index is 1.94. The van der Waals surface area contributed by atoms with Crippen molar-refractivity contribution in [1.29, 1.82) is 0 Å². The minimum atomic E-state index is -1.08. The van der Waals surface area contributed by atoms with Gasteiger partial charge in [0, 0.05) is 23.4 Å². The first-order valence-corrected chi connectivity index (χ1v) is 8.93. The van der Waals surface area contributed by atoms with Crippen LogP contribution in [0.3, 0.4) is 0 Å². The van der Waals surface area contributed by atoms with Gasteiger partial charge in [0.2, 0.25) is 0 Å². The first kappa shape index (κ1) is 18.3. The predicted molar refractivity (Wildman–Crippen MR) is 98.3 cm³/mol. The van der Waals surface area contributed by atoms with Crippen LogP contribution in [0.2, 0.25) is 0 Å². The summed E-state index contributed by atoms with van der Waals surface area (Å²) in [6, 6.07) is 5.20. The zero-order valence-electron chi connectivity index (χ0n) is 14.6. The average molecular weight is 383 g/mol. The molecule has 6 heteroatoms. The van der Waals surface area contributed by atoms with E-state index in [2.05, 4.69) is 13.8 Å². The second-order valence-electron chi connectivity index (χ2n) is 7.24. The molecule has 1 aliphatic carbocycles. The first-order valence-electron chi connectivity index (χ1n) is 8.17. The van der Waals surface area contributed by atoms with E-state index in [-0.39, 0.29) is 6.61 Å². The van der Waals surface area contributed by atoms with Crippen molar-refractivity contribution in [2.45, 2.75) is 51.0 Å². The maximum Gasteiger partial charge on any atom is 0.336 e. The molecule has 134 valence electrons. The third-order valence-electron chi connectivity index (χ3n) is 4.91. The maximum atomic E-state index is 12.3. The summed E-state index contributed by atoms with van der Waals surface area (Å²) in [4.78, 5) is 24.1. The van der Waals surface area contributed by atoms with Crippen LogP contribution in [0.25, 0.3) is 11.0 Å². The summed E-state index contributed by atoms with van der Waals surface area (Å²) < 4.78 is 9.62. The number of carbonyl (C=O) groups excluding carboxylic acids is 1. The highest BCUT2D eigenvalue weighted by Gasteiger charge is 2.69. The lowest BCUT2D eigenvalue weighted by atomic mass is 9.95. The molecular weight excluding hydrogens is 363 g/mol. The van der Waals surface area contributed by atoms with E-state index >= 15 is 0 Å². The fourth-order valence-electron chi connectivity index (χ4n) is 3.06. The molecule has 0 bridgehead atoms. The van der Waals surface area contributed by atoms with Gasteiger partial charge in [-0.1, -0.05) is 13.8 Å². The summed E-state index contributed by atoms with van der Waals surface area (Å²) in [5.74, 6) is -0.139. The molecule has 3 rings (SSSR count). The number of rotatable bonds is 4. The van der Waals surface area contributed by atoms with Crippen molar-refractivity contribution < 1.29 is 13.9 Å². The van der Waals surface area contributed by atoms with E-state index in [0.717, 1.165) is 16.5 Å². The molecule has 1 fully saturated rings. The van der Waals surface area contributed by atoms with Crippen LogP contribution in [0, 0.1) is 12.3 Å². The van der Waals surface area contributed by atoms with Crippen molar-refractivity contribution in [2.24, 2.45) is 5.41 Å². The van der Waals surface area contributed by atoms with Crippen LogP contribution in [0.1, 0.15) is 49.8 Å². The first-order chi connectivity index (χ1) is 11.5. The molecule has 0 radical (unpaired) electrons. The summed E-state index contributed by atoms with van der Waals surface area (Å²) in [6.45, 7) is 7.83. The van der Waals surface area contributed by atoms with Gasteiger partial charge in [-0.05, 0) is 43.0 Å². The molecule has 25 heavy (non-hydrogen) atoms. The lowest BCUT2D eigenvalue weighted by Crippen LogP contribution is -2.21. The molecule has 1 aliphatic rings. The predicted octanol–water partition coefficient (Wildman–Crippen LogP) is 4.85. The Morgan fingerprint density at radius 1 is 1.32 bits per heavy atom. The van der Waals surface area contributed by atoms with Crippen LogP contribution in [0.4, 0.5) is 0 Å². The van der Waals surface area contributed by atoms with Gasteiger partial charge in [-0.3, -0.25) is 4.79 Å². The van der Waals surface area contributed by atoms with Gasteiger partial charge in [0.25, 0.3) is 0 Å². The second kappa shape index (κ2) is 6.03. The molecule has 0 aliphatic heterocycles. The standard InChI is InChI=1S/C19H20Cl2O4/c1-10(2)13-7-14-12(6-16(22)25-15(14)5-11(13)3)8-24-17(23)18(4)9-19(18,20)21/h5-7,10H,8-9H2,1-4H3. The topological polar surface area (TPSA) is 56.5 Å². The Morgan fingerprint density at radius 3 is 2.52 bits per heavy atom. The largest absolute Gasteiger partial charge is 0.460 e. The Bertz CT molecular complexity index is 914. The van der Waals surface area contributed by atoms with Gasteiger partial charge in [0.15, 0.2) is 0 Å². The quantitative estimate of drug-likeness (QED) is 0.430. The highest BCUT2D eigenvalue weighted by atomic mass is 35.5. The smallest absolute Gasteiger partial charge is 0.336 e. The zero-order chi connectivity index (χ0) is 18.6. The number of hydrogen-bond acceptors (Lipinski definition) is 4. The third-order valence-corrected chi connectivity index (χ3v) is 6.01. The van der Waals surface area contributed by atoms with Crippen LogP contribution < -0.4 is 5.63 Å². The molecule has 1 aromatic heterocycles. The molecule has 1 unspecified atom stereocenters. The second-order valence-corrected chi connectivity index (χ2v) is 8.72. The summed E-state index contributed by atoms with van der Waals surface area (Å²) in [6.07, 6.45) is 0.357. The van der Waals surface area contributed by atoms with E-state index in [9.17, 15) is 9.59 Å². The molecule has 0 amide bonds. The number of halogens is 2. The number of benzene rings is 1. The highest BCUT2D eigenvalue weighted by molar-refractivity contribution is 6.53. The molecule has 4 nitrogen and oxygen atoms in total. The Labute approximate surface area is 156 Å². The van der Waals surface area contributed by atoms with E-state index in [1.54, 1.807) is 6.92 Å². The normalized spacial score (nSPS) is 21.6. The van der Waals surface area contributed by atoms with Crippen LogP contribution in [0.5, 0.6) is 0 Å². The van der Waals surface area contributed by atoms with Crippen LogP contribution in [-0.4, -0.2) is 10.3 Å². The fourth-order valence-corrected chi connectivity index (χ4v) is 3.75. The molecule has 0 spiro atoms. The lowest BCUT2D eigenvalue weighted by Gasteiger charge is -2.15. The molecule has 1 saturated carbocycles. The van der Waals surface area contributed by atoms with Crippen molar-refractivity contribution in [2.75, 3.05) is 0 Å². The molecule has 1 atom stereocenters. The number of esters is 1. The summed E-state index contributed by atoms with van der Waals surface area (Å²) >= 11 is 12.0. The van der Waals surface area contributed by atoms with E-state index in [1.807, 2.05) is 19.1 Å². The van der Waals surface area contributed by atoms with Crippen molar-refractivity contribution in [3.8, 4) is 0 Å². The van der Waals surface area contributed by atoms with E-state index in [4.69, 9.17) is 32.4 Å². The van der Waals surface area contributed by atoms with Crippen LogP contribution in [-0.2, 0) is 16.1 Å². The molecular formula is C19H20Cl2O4. The van der Waals surface area contributed by atoms with Gasteiger partial charge in [-0.2, -0.15) is 0 Å². The van der Waals surface area contributed by atoms with Crippen molar-refractivity contribution in [3.05, 3.63) is 45.3 Å². The fraction of sp³-hybridized carbons (Fsp3) is 0.474. The number of carbonyl (C=O) groups is 1. The van der Waals surface area contributed by atoms with Gasteiger partial charge < -0.3 is 9.15 Å². The van der Waals surface area contributed by atoms with Gasteiger partial charge in [-0.15, -0.1) is 23.2 Å². The average Bonchev–Trinajstić information content (AvgIpc) is 3.03. The molecule has 2 aromatic rings. The SMILES string of the molecule is Cc1cc2oc(=O)cc(COC(=O)C3(C)CC3(Cl)Cl)c2cc1C(C)C.